The molecule has 0 bridgehead atoms. The van der Waals surface area contributed by atoms with Crippen LogP contribution in [0.15, 0.2) is 4.99 Å². The third kappa shape index (κ3) is 4.66. The van der Waals surface area contributed by atoms with Crippen LogP contribution in [-0.2, 0) is 4.74 Å². The Morgan fingerprint density at radius 2 is 1.88 bits per heavy atom. The number of quaternary nitrogens is 1. The standard InChI is InChI=1S/C10H22NO.C2N3/c1-10(2,3)11(9-12-4)7-5-6-8-11;3-1-5-2-4/h5-9H2,1-4H3;/q+1;-1. The van der Waals surface area contributed by atoms with E-state index in [1.807, 2.05) is 7.11 Å². The van der Waals surface area contributed by atoms with Crippen molar-refractivity contribution in [2.24, 2.45) is 4.99 Å². The van der Waals surface area contributed by atoms with Gasteiger partial charge in [0.1, 0.15) is 0 Å². The van der Waals surface area contributed by atoms with Gasteiger partial charge in [-0.15, -0.1) is 6.01 Å². The minimum absolute atomic E-state index is 0.340. The van der Waals surface area contributed by atoms with E-state index in [-0.39, 0.29) is 0 Å². The maximum Gasteiger partial charge on any atom is 0.183 e. The highest BCUT2D eigenvalue weighted by molar-refractivity contribution is 5.46. The number of nitrogens with zero attached hydrogens (tertiary/aromatic N) is 4. The van der Waals surface area contributed by atoms with Gasteiger partial charge in [-0.2, -0.15) is 5.26 Å². The van der Waals surface area contributed by atoms with E-state index in [1.54, 1.807) is 0 Å². The molecule has 0 spiro atoms. The van der Waals surface area contributed by atoms with Gasteiger partial charge < -0.3 is 15.1 Å². The summed E-state index contributed by atoms with van der Waals surface area (Å²) in [4.78, 5) is 2.58. The molecule has 1 heterocycles. The SMILES string of the molecule is COC[N+]1(C(C)(C)C)CCCC1.N#CN=C=[N-]. The predicted molar refractivity (Wildman–Crippen MR) is 67.3 cm³/mol. The summed E-state index contributed by atoms with van der Waals surface area (Å²) >= 11 is 0. The molecule has 0 N–H and O–H groups in total. The second kappa shape index (κ2) is 7.18. The average Bonchev–Trinajstić information content (AvgIpc) is 2.69. The fraction of sp³-hybridized carbons (Fsp3) is 0.833. The lowest BCUT2D eigenvalue weighted by Gasteiger charge is -2.44. The van der Waals surface area contributed by atoms with Gasteiger partial charge in [0.25, 0.3) is 0 Å². The molecule has 96 valence electrons. The van der Waals surface area contributed by atoms with Crippen molar-refractivity contribution in [3.05, 3.63) is 5.41 Å². The van der Waals surface area contributed by atoms with Crippen molar-refractivity contribution in [2.45, 2.75) is 39.2 Å². The number of ether oxygens (including phenoxy) is 1. The highest BCUT2D eigenvalue weighted by Gasteiger charge is 2.42. The number of likely N-dealkylation sites (tertiary alicyclic amines) is 1. The van der Waals surface area contributed by atoms with Crippen LogP contribution >= 0.6 is 0 Å². The smallest absolute Gasteiger partial charge is 0.183 e. The lowest BCUT2D eigenvalue weighted by atomic mass is 10.0. The van der Waals surface area contributed by atoms with E-state index in [1.165, 1.54) is 38.1 Å². The van der Waals surface area contributed by atoms with Crippen molar-refractivity contribution < 1.29 is 9.22 Å². The molecule has 1 fully saturated rings. The highest BCUT2D eigenvalue weighted by Crippen LogP contribution is 2.30. The van der Waals surface area contributed by atoms with E-state index in [4.69, 9.17) is 15.4 Å². The molecule has 0 unspecified atom stereocenters. The van der Waals surface area contributed by atoms with E-state index in [0.29, 0.717) is 5.54 Å². The molecule has 1 rings (SSSR count). The molecule has 1 aliphatic rings. The first-order valence-electron chi connectivity index (χ1n) is 5.76. The zero-order valence-corrected chi connectivity index (χ0v) is 11.2. The Balaban J connectivity index is 0.000000437. The maximum atomic E-state index is 7.43. The number of nitriles is 1. The molecule has 1 aliphatic heterocycles. The van der Waals surface area contributed by atoms with Gasteiger partial charge in [-0.3, -0.25) is 4.48 Å². The molecule has 5 nitrogen and oxygen atoms in total. The fourth-order valence-corrected chi connectivity index (χ4v) is 2.20. The first-order chi connectivity index (χ1) is 7.93. The topological polar surface area (TPSA) is 67.7 Å². The van der Waals surface area contributed by atoms with Crippen molar-refractivity contribution in [1.29, 1.82) is 5.26 Å². The monoisotopic (exact) mass is 238 g/mol. The normalized spacial score (nSPS) is 17.4. The fourth-order valence-electron chi connectivity index (χ4n) is 2.20. The molecule has 0 aromatic rings. The van der Waals surface area contributed by atoms with Crippen LogP contribution in [0.25, 0.3) is 5.41 Å². The van der Waals surface area contributed by atoms with Gasteiger partial charge in [0.15, 0.2) is 6.73 Å². The number of aliphatic imine (C=N–C) groups is 1. The number of methoxy groups -OCH3 is 1. The lowest BCUT2D eigenvalue weighted by molar-refractivity contribution is -0.976. The van der Waals surface area contributed by atoms with E-state index in [9.17, 15) is 0 Å². The van der Waals surface area contributed by atoms with Gasteiger partial charge in [0, 0.05) is 20.0 Å². The molecule has 0 aromatic carbocycles. The third-order valence-corrected chi connectivity index (χ3v) is 3.32. The zero-order chi connectivity index (χ0) is 13.4. The van der Waals surface area contributed by atoms with E-state index in [0.717, 1.165) is 11.2 Å². The van der Waals surface area contributed by atoms with Gasteiger partial charge in [-0.1, -0.05) is 0 Å². The van der Waals surface area contributed by atoms with Crippen molar-refractivity contribution in [1.82, 2.24) is 0 Å². The summed E-state index contributed by atoms with van der Waals surface area (Å²) in [5, 5.41) is 14.9. The summed E-state index contributed by atoms with van der Waals surface area (Å²) in [7, 11) is 1.81. The molecule has 0 radical (unpaired) electrons. The largest absolute Gasteiger partial charge is 0.422 e. The Labute approximate surface area is 104 Å². The Hall–Kier alpha value is -1.21. The molecule has 0 aliphatic carbocycles. The van der Waals surface area contributed by atoms with Crippen LogP contribution < -0.4 is 0 Å². The molecule has 5 heteroatoms. The second-order valence-electron chi connectivity index (χ2n) is 5.20. The molecule has 1 saturated heterocycles. The molecular weight excluding hydrogens is 216 g/mol. The minimum Gasteiger partial charge on any atom is -0.422 e. The quantitative estimate of drug-likeness (QED) is 0.420. The molecule has 0 saturated carbocycles. The molecule has 0 atom stereocenters. The van der Waals surface area contributed by atoms with Crippen molar-refractivity contribution in [2.75, 3.05) is 26.9 Å². The van der Waals surface area contributed by atoms with Gasteiger partial charge in [-0.25, -0.2) is 0 Å². The Kier molecular flexibility index (Phi) is 6.67. The number of hydrogen-bond acceptors (Lipinski definition) is 3. The van der Waals surface area contributed by atoms with E-state index < -0.39 is 0 Å². The molecular formula is C12H22N4O. The van der Waals surface area contributed by atoms with Crippen molar-refractivity contribution in [3.63, 3.8) is 0 Å². The first kappa shape index (κ1) is 15.8. The van der Waals surface area contributed by atoms with Gasteiger partial charge in [0.2, 0.25) is 0 Å². The number of hydrogen-bond donors (Lipinski definition) is 0. The van der Waals surface area contributed by atoms with Gasteiger partial charge in [0.05, 0.1) is 24.8 Å². The Bertz CT molecular complexity index is 301. The minimum atomic E-state index is 0.340. The first-order valence-corrected chi connectivity index (χ1v) is 5.76. The number of rotatable bonds is 2. The average molecular weight is 238 g/mol. The summed E-state index contributed by atoms with van der Waals surface area (Å²) in [5.41, 5.74) is 0.340. The van der Waals surface area contributed by atoms with Crippen LogP contribution in [0, 0.1) is 11.5 Å². The Morgan fingerprint density at radius 3 is 2.12 bits per heavy atom. The molecule has 0 aromatic heterocycles. The summed E-state index contributed by atoms with van der Waals surface area (Å²) < 4.78 is 6.47. The van der Waals surface area contributed by atoms with Crippen LogP contribution in [0.1, 0.15) is 33.6 Å². The van der Waals surface area contributed by atoms with Crippen molar-refractivity contribution >= 4 is 6.01 Å². The summed E-state index contributed by atoms with van der Waals surface area (Å²) in [6.07, 6.45) is 4.00. The second-order valence-corrected chi connectivity index (χ2v) is 5.20. The predicted octanol–water partition coefficient (Wildman–Crippen LogP) is 2.21. The van der Waals surface area contributed by atoms with Gasteiger partial charge in [-0.05, 0) is 20.8 Å². The van der Waals surface area contributed by atoms with Crippen LogP contribution in [0.4, 0.5) is 0 Å². The highest BCUT2D eigenvalue weighted by atomic mass is 16.5. The maximum absolute atomic E-state index is 7.43. The van der Waals surface area contributed by atoms with Crippen LogP contribution in [0.5, 0.6) is 0 Å². The lowest BCUT2D eigenvalue weighted by Crippen LogP contribution is -2.59. The summed E-state index contributed by atoms with van der Waals surface area (Å²) in [6.45, 7) is 10.4. The van der Waals surface area contributed by atoms with Crippen molar-refractivity contribution in [3.8, 4) is 6.19 Å². The van der Waals surface area contributed by atoms with Crippen LogP contribution in [0.2, 0.25) is 0 Å². The van der Waals surface area contributed by atoms with Gasteiger partial charge >= 0.3 is 0 Å². The third-order valence-electron chi connectivity index (χ3n) is 3.32. The summed E-state index contributed by atoms with van der Waals surface area (Å²) in [6, 6.07) is 1.28. The molecule has 0 amide bonds. The summed E-state index contributed by atoms with van der Waals surface area (Å²) in [5.74, 6) is 0. The van der Waals surface area contributed by atoms with E-state index in [2.05, 4.69) is 25.8 Å². The van der Waals surface area contributed by atoms with Crippen LogP contribution in [0.3, 0.4) is 0 Å². The zero-order valence-electron chi connectivity index (χ0n) is 11.2. The van der Waals surface area contributed by atoms with E-state index >= 15 is 0 Å². The Morgan fingerprint density at radius 1 is 1.35 bits per heavy atom. The molecule has 17 heavy (non-hydrogen) atoms. The van der Waals surface area contributed by atoms with Crippen LogP contribution in [-0.4, -0.2) is 43.0 Å².